The molecular formula is C6H7BClKO3. The summed E-state index contributed by atoms with van der Waals surface area (Å²) in [7, 11) is -1.78. The van der Waals surface area contributed by atoms with E-state index in [9.17, 15) is 0 Å². The van der Waals surface area contributed by atoms with Gasteiger partial charge in [-0.15, -0.1) is 0 Å². The predicted molar refractivity (Wildman–Crippen MR) is 43.4 cm³/mol. The molecule has 0 atom stereocenters. The van der Waals surface area contributed by atoms with E-state index >= 15 is 0 Å². The zero-order valence-corrected chi connectivity index (χ0v) is 10.4. The fraction of sp³-hybridized carbons (Fsp3) is 0. The Bertz CT molecular complexity index is 234. The van der Waals surface area contributed by atoms with Crippen LogP contribution in [0.4, 0.5) is 0 Å². The van der Waals surface area contributed by atoms with E-state index in [0.717, 1.165) is 0 Å². The van der Waals surface area contributed by atoms with Crippen LogP contribution in [0.2, 0.25) is 5.02 Å². The van der Waals surface area contributed by atoms with Crippen LogP contribution in [0.3, 0.4) is 0 Å². The Morgan fingerprint density at radius 2 is 1.75 bits per heavy atom. The van der Waals surface area contributed by atoms with Crippen LogP contribution in [0.15, 0.2) is 24.3 Å². The van der Waals surface area contributed by atoms with Crippen molar-refractivity contribution < 1.29 is 67.5 Å². The number of hydrogen-bond donors (Lipinski definition) is 2. The minimum Gasteiger partial charge on any atom is -1.00 e. The van der Waals surface area contributed by atoms with E-state index in [0.29, 0.717) is 10.8 Å². The maximum absolute atomic E-state index is 8.38. The van der Waals surface area contributed by atoms with Crippen molar-refractivity contribution in [2.75, 3.05) is 0 Å². The summed E-state index contributed by atoms with van der Waals surface area (Å²) in [6, 6.07) is 6.28. The monoisotopic (exact) mass is 212 g/mol. The predicted octanol–water partition coefficient (Wildman–Crippen LogP) is -2.20. The number of rotatable bonds is 2. The molecule has 2 N–H and O–H groups in total. The molecular weight excluding hydrogens is 205 g/mol. The van der Waals surface area contributed by atoms with Crippen molar-refractivity contribution in [3.05, 3.63) is 29.3 Å². The molecule has 0 aromatic heterocycles. The molecule has 3 nitrogen and oxygen atoms in total. The molecule has 1 aromatic rings. The van der Waals surface area contributed by atoms with Gasteiger partial charge in [0.25, 0.3) is 0 Å². The van der Waals surface area contributed by atoms with Gasteiger partial charge in [-0.2, -0.15) is 0 Å². The molecule has 0 unspecified atom stereocenters. The summed E-state index contributed by atoms with van der Waals surface area (Å²) in [5, 5.41) is 17.3. The third kappa shape index (κ3) is 4.84. The van der Waals surface area contributed by atoms with Gasteiger partial charge in [-0.05, 0) is 24.3 Å². The van der Waals surface area contributed by atoms with Gasteiger partial charge in [0.05, 0.1) is 0 Å². The number of halogens is 1. The molecule has 12 heavy (non-hydrogen) atoms. The summed E-state index contributed by atoms with van der Waals surface area (Å²) in [6.07, 6.45) is 0. The average molecular weight is 212 g/mol. The van der Waals surface area contributed by atoms with E-state index < -0.39 is 7.32 Å². The van der Waals surface area contributed by atoms with E-state index in [1.807, 2.05) is 0 Å². The molecule has 0 saturated heterocycles. The van der Waals surface area contributed by atoms with Gasteiger partial charge in [0.1, 0.15) is 5.75 Å². The fourth-order valence-electron chi connectivity index (χ4n) is 0.635. The smallest absolute Gasteiger partial charge is 1.00 e. The second-order valence-electron chi connectivity index (χ2n) is 1.90. The average Bonchev–Trinajstić information content (AvgIpc) is 1.93. The van der Waals surface area contributed by atoms with Crippen LogP contribution < -0.4 is 56.0 Å². The Morgan fingerprint density at radius 3 is 2.17 bits per heavy atom. The summed E-state index contributed by atoms with van der Waals surface area (Å²) < 4.78 is 4.52. The van der Waals surface area contributed by atoms with Gasteiger partial charge >= 0.3 is 58.7 Å². The largest absolute Gasteiger partial charge is 1.00 e. The molecule has 0 aliphatic carbocycles. The van der Waals surface area contributed by atoms with Crippen molar-refractivity contribution in [2.45, 2.75) is 0 Å². The summed E-state index contributed by atoms with van der Waals surface area (Å²) in [5.74, 6) is 0.365. The number of benzene rings is 1. The van der Waals surface area contributed by atoms with E-state index in [1.54, 1.807) is 24.3 Å². The Balaban J connectivity index is 0. The molecule has 0 amide bonds. The molecule has 0 radical (unpaired) electrons. The van der Waals surface area contributed by atoms with Crippen LogP contribution >= 0.6 is 11.6 Å². The normalized spacial score (nSPS) is 8.58. The summed E-state index contributed by atoms with van der Waals surface area (Å²) in [6.45, 7) is 0. The van der Waals surface area contributed by atoms with Gasteiger partial charge in [-0.25, -0.2) is 0 Å². The van der Waals surface area contributed by atoms with E-state index in [-0.39, 0.29) is 52.8 Å². The molecule has 0 heterocycles. The fourth-order valence-corrected chi connectivity index (χ4v) is 0.761. The Labute approximate surface area is 120 Å². The maximum Gasteiger partial charge on any atom is 1.00 e. The van der Waals surface area contributed by atoms with Crippen LogP contribution in [0.1, 0.15) is 1.43 Å². The van der Waals surface area contributed by atoms with Crippen molar-refractivity contribution in [3.63, 3.8) is 0 Å². The number of hydrogen-bond acceptors (Lipinski definition) is 3. The molecule has 1 aromatic carbocycles. The van der Waals surface area contributed by atoms with Crippen LogP contribution in [-0.2, 0) is 0 Å². The van der Waals surface area contributed by atoms with Crippen LogP contribution in [-0.4, -0.2) is 17.4 Å². The van der Waals surface area contributed by atoms with Crippen LogP contribution in [0.25, 0.3) is 0 Å². The first-order chi connectivity index (χ1) is 5.18. The van der Waals surface area contributed by atoms with Gasteiger partial charge in [0, 0.05) is 5.02 Å². The van der Waals surface area contributed by atoms with E-state index in [2.05, 4.69) is 4.65 Å². The Hall–Kier alpha value is 0.931. The molecule has 0 saturated carbocycles. The Kier molecular flexibility index (Phi) is 6.89. The van der Waals surface area contributed by atoms with Crippen molar-refractivity contribution in [1.82, 2.24) is 0 Å². The first kappa shape index (κ1) is 12.9. The molecule has 0 fully saturated rings. The van der Waals surface area contributed by atoms with Crippen molar-refractivity contribution >= 4 is 18.9 Å². The van der Waals surface area contributed by atoms with Gasteiger partial charge in [-0.1, -0.05) is 11.6 Å². The molecule has 0 bridgehead atoms. The van der Waals surface area contributed by atoms with Gasteiger partial charge in [0.2, 0.25) is 0 Å². The second-order valence-corrected chi connectivity index (χ2v) is 2.33. The van der Waals surface area contributed by atoms with E-state index in [4.69, 9.17) is 21.6 Å². The van der Waals surface area contributed by atoms with Gasteiger partial charge < -0.3 is 16.1 Å². The Morgan fingerprint density at radius 1 is 1.25 bits per heavy atom. The van der Waals surface area contributed by atoms with Crippen LogP contribution in [0.5, 0.6) is 5.75 Å². The molecule has 6 heteroatoms. The maximum atomic E-state index is 8.38. The zero-order chi connectivity index (χ0) is 8.27. The topological polar surface area (TPSA) is 49.7 Å². The standard InChI is InChI=1S/C6H6BClO3.K.H/c8-5-1-3-6(4-2-5)11-7(9)10;;/h1-4,9-10H;;/q;+1;-1. The summed E-state index contributed by atoms with van der Waals surface area (Å²) in [5.41, 5.74) is 0. The van der Waals surface area contributed by atoms with Crippen LogP contribution in [0, 0.1) is 0 Å². The third-order valence-electron chi connectivity index (χ3n) is 1.06. The summed E-state index contributed by atoms with van der Waals surface area (Å²) >= 11 is 5.57. The zero-order valence-electron chi connectivity index (χ0n) is 7.57. The molecule has 1 rings (SSSR count). The second kappa shape index (κ2) is 6.39. The summed E-state index contributed by atoms with van der Waals surface area (Å²) in [4.78, 5) is 0. The molecule has 0 aliphatic heterocycles. The van der Waals surface area contributed by atoms with E-state index in [1.165, 1.54) is 0 Å². The van der Waals surface area contributed by atoms with Gasteiger partial charge in [0.15, 0.2) is 0 Å². The van der Waals surface area contributed by atoms with Crippen molar-refractivity contribution in [1.29, 1.82) is 0 Å². The first-order valence-electron chi connectivity index (χ1n) is 2.97. The van der Waals surface area contributed by atoms with Crippen molar-refractivity contribution in [3.8, 4) is 5.75 Å². The molecule has 0 aliphatic rings. The minimum absolute atomic E-state index is 0. The first-order valence-corrected chi connectivity index (χ1v) is 3.34. The molecule has 60 valence electrons. The molecule has 0 spiro atoms. The van der Waals surface area contributed by atoms with Crippen molar-refractivity contribution in [2.24, 2.45) is 0 Å². The SMILES string of the molecule is OB(O)Oc1ccc(Cl)cc1.[H-].[K+]. The quantitative estimate of drug-likeness (QED) is 0.548. The van der Waals surface area contributed by atoms with Gasteiger partial charge in [-0.3, -0.25) is 0 Å². The minimum atomic E-state index is -1.78. The third-order valence-corrected chi connectivity index (χ3v) is 1.31.